The van der Waals surface area contributed by atoms with E-state index in [9.17, 15) is 19.5 Å². The van der Waals surface area contributed by atoms with Gasteiger partial charge >= 0.3 is 5.97 Å². The Balaban J connectivity index is 2.17. The fourth-order valence-electron chi connectivity index (χ4n) is 4.02. The van der Waals surface area contributed by atoms with Gasteiger partial charge < -0.3 is 9.84 Å². The third-order valence-electron chi connectivity index (χ3n) is 5.30. The summed E-state index contributed by atoms with van der Waals surface area (Å²) < 4.78 is 4.93. The number of likely N-dealkylation sites (tertiary alicyclic amines) is 1. The quantitative estimate of drug-likeness (QED) is 0.617. The summed E-state index contributed by atoms with van der Waals surface area (Å²) >= 11 is 6.24. The second kappa shape index (κ2) is 6.00. The summed E-state index contributed by atoms with van der Waals surface area (Å²) in [4.78, 5) is 39.0. The Kier molecular flexibility index (Phi) is 4.25. The van der Waals surface area contributed by atoms with E-state index in [0.717, 1.165) is 4.90 Å². The van der Waals surface area contributed by atoms with Gasteiger partial charge in [0.25, 0.3) is 0 Å². The molecule has 3 rings (SSSR count). The van der Waals surface area contributed by atoms with Crippen LogP contribution in [0, 0.1) is 11.8 Å². The van der Waals surface area contributed by atoms with Gasteiger partial charge in [0.15, 0.2) is 0 Å². The Morgan fingerprint density at radius 2 is 2.08 bits per heavy atom. The number of carbonyl (C=O) groups excluding carboxylic acids is 3. The lowest BCUT2D eigenvalue weighted by atomic mass is 9.78. The van der Waals surface area contributed by atoms with E-state index in [1.165, 1.54) is 26.3 Å². The number of esters is 1. The van der Waals surface area contributed by atoms with Crippen LogP contribution >= 0.6 is 11.6 Å². The molecule has 2 N–H and O–H groups in total. The highest BCUT2D eigenvalue weighted by Crippen LogP contribution is 2.51. The molecule has 134 valence electrons. The molecule has 2 saturated heterocycles. The zero-order valence-electron chi connectivity index (χ0n) is 14.1. The molecule has 2 aliphatic rings. The summed E-state index contributed by atoms with van der Waals surface area (Å²) in [6.07, 6.45) is 0.278. The van der Waals surface area contributed by atoms with Crippen molar-refractivity contribution in [1.82, 2.24) is 10.2 Å². The molecule has 2 amide bonds. The molecule has 0 saturated carbocycles. The average Bonchev–Trinajstić information content (AvgIpc) is 3.05. The molecule has 0 spiro atoms. The van der Waals surface area contributed by atoms with Gasteiger partial charge in [0, 0.05) is 18.1 Å². The van der Waals surface area contributed by atoms with Crippen LogP contribution in [0.3, 0.4) is 0 Å². The van der Waals surface area contributed by atoms with Gasteiger partial charge in [-0.25, -0.2) is 0 Å². The van der Waals surface area contributed by atoms with Crippen molar-refractivity contribution in [2.75, 3.05) is 14.2 Å². The molecule has 0 unspecified atom stereocenters. The second-order valence-electron chi connectivity index (χ2n) is 6.38. The molecule has 7 nitrogen and oxygen atoms in total. The van der Waals surface area contributed by atoms with Crippen LogP contribution in [0.4, 0.5) is 0 Å². The monoisotopic (exact) mass is 366 g/mol. The molecule has 0 aromatic heterocycles. The third kappa shape index (κ3) is 2.33. The zero-order valence-corrected chi connectivity index (χ0v) is 14.8. The van der Waals surface area contributed by atoms with Crippen molar-refractivity contribution in [1.29, 1.82) is 0 Å². The first-order valence-corrected chi connectivity index (χ1v) is 8.32. The van der Waals surface area contributed by atoms with Gasteiger partial charge in [-0.3, -0.25) is 24.6 Å². The summed E-state index contributed by atoms with van der Waals surface area (Å²) in [5, 5.41) is 13.0. The number of phenolic OH excluding ortho intramolecular Hbond substituents is 1. The first-order chi connectivity index (χ1) is 11.8. The Bertz CT molecular complexity index is 767. The van der Waals surface area contributed by atoms with E-state index in [2.05, 4.69) is 5.32 Å². The molecular weight excluding hydrogens is 348 g/mol. The number of halogens is 1. The number of carbonyl (C=O) groups is 3. The van der Waals surface area contributed by atoms with E-state index in [1.54, 1.807) is 13.0 Å². The van der Waals surface area contributed by atoms with Crippen LogP contribution in [-0.2, 0) is 19.1 Å². The van der Waals surface area contributed by atoms with E-state index < -0.39 is 35.3 Å². The van der Waals surface area contributed by atoms with Gasteiger partial charge in [-0.05, 0) is 24.1 Å². The van der Waals surface area contributed by atoms with Gasteiger partial charge in [0.05, 0.1) is 18.9 Å². The molecule has 0 radical (unpaired) electrons. The van der Waals surface area contributed by atoms with Crippen LogP contribution in [0.2, 0.25) is 5.02 Å². The lowest BCUT2D eigenvalue weighted by Gasteiger charge is -2.31. The number of hydrogen-bond donors (Lipinski definition) is 2. The van der Waals surface area contributed by atoms with Gasteiger partial charge in [0.2, 0.25) is 11.8 Å². The molecule has 2 heterocycles. The van der Waals surface area contributed by atoms with E-state index in [1.807, 2.05) is 0 Å². The van der Waals surface area contributed by atoms with Crippen molar-refractivity contribution in [3.05, 3.63) is 28.8 Å². The normalized spacial score (nSPS) is 31.4. The predicted molar refractivity (Wildman–Crippen MR) is 88.8 cm³/mol. The van der Waals surface area contributed by atoms with Crippen LogP contribution in [0.5, 0.6) is 5.75 Å². The van der Waals surface area contributed by atoms with Gasteiger partial charge in [0.1, 0.15) is 11.3 Å². The minimum absolute atomic E-state index is 0.0102. The molecule has 0 aliphatic carbocycles. The SMILES string of the molecule is CC[C@]1(C(=O)OC)N[C@@H](c2ccc(O)cc2Cl)[C@H]2C(=O)N(C)C(=O)[C@H]21. The van der Waals surface area contributed by atoms with Crippen LogP contribution in [-0.4, -0.2) is 47.5 Å². The smallest absolute Gasteiger partial charge is 0.326 e. The molecule has 1 aromatic carbocycles. The summed E-state index contributed by atoms with van der Waals surface area (Å²) in [6, 6.07) is 3.76. The number of phenols is 1. The first kappa shape index (κ1) is 17.7. The van der Waals surface area contributed by atoms with Crippen molar-refractivity contribution in [2.24, 2.45) is 11.8 Å². The molecule has 1 aromatic rings. The highest BCUT2D eigenvalue weighted by Gasteiger charge is 2.67. The maximum Gasteiger partial charge on any atom is 0.326 e. The lowest BCUT2D eigenvalue weighted by Crippen LogP contribution is -2.55. The predicted octanol–water partition coefficient (Wildman–Crippen LogP) is 1.24. The maximum absolute atomic E-state index is 12.7. The topological polar surface area (TPSA) is 95.9 Å². The van der Waals surface area contributed by atoms with Crippen molar-refractivity contribution in [3.8, 4) is 5.75 Å². The van der Waals surface area contributed by atoms with Crippen LogP contribution in [0.1, 0.15) is 24.9 Å². The molecule has 2 aliphatic heterocycles. The molecule has 4 atom stereocenters. The summed E-state index contributed by atoms with van der Waals surface area (Å²) in [6.45, 7) is 1.76. The third-order valence-corrected chi connectivity index (χ3v) is 5.63. The Labute approximate surface area is 149 Å². The number of aromatic hydroxyl groups is 1. The largest absolute Gasteiger partial charge is 0.508 e. The summed E-state index contributed by atoms with van der Waals surface area (Å²) in [7, 11) is 2.67. The van der Waals surface area contributed by atoms with Crippen LogP contribution in [0.25, 0.3) is 0 Å². The standard InChI is InChI=1S/C17H19ClN2O5/c1-4-17(16(24)25-3)12-11(14(22)20(2)15(12)23)13(19-17)9-6-5-8(21)7-10(9)18/h5-7,11-13,19,21H,4H2,1-3H3/t11-,12-,13-,17-/m0/s1. The number of amides is 2. The van der Waals surface area contributed by atoms with Gasteiger partial charge in [-0.1, -0.05) is 24.6 Å². The number of nitrogens with one attached hydrogen (secondary N) is 1. The number of imide groups is 1. The molecular formula is C17H19ClN2O5. The average molecular weight is 367 g/mol. The van der Waals surface area contributed by atoms with Crippen LogP contribution in [0.15, 0.2) is 18.2 Å². The summed E-state index contributed by atoms with van der Waals surface area (Å²) in [5.41, 5.74) is -0.756. The molecule has 2 fully saturated rings. The van der Waals surface area contributed by atoms with E-state index in [-0.39, 0.29) is 23.1 Å². The number of hydrogen-bond acceptors (Lipinski definition) is 6. The number of ether oxygens (including phenoxy) is 1. The van der Waals surface area contributed by atoms with Crippen molar-refractivity contribution in [2.45, 2.75) is 24.9 Å². The zero-order chi connectivity index (χ0) is 18.5. The second-order valence-corrected chi connectivity index (χ2v) is 6.79. The van der Waals surface area contributed by atoms with Gasteiger partial charge in [-0.2, -0.15) is 0 Å². The van der Waals surface area contributed by atoms with E-state index in [4.69, 9.17) is 16.3 Å². The molecule has 0 bridgehead atoms. The van der Waals surface area contributed by atoms with E-state index in [0.29, 0.717) is 5.56 Å². The first-order valence-electron chi connectivity index (χ1n) is 7.94. The number of nitrogens with zero attached hydrogens (tertiary/aromatic N) is 1. The Hall–Kier alpha value is -2.12. The minimum Gasteiger partial charge on any atom is -0.508 e. The minimum atomic E-state index is -1.30. The maximum atomic E-state index is 12.7. The number of methoxy groups -OCH3 is 1. The molecule has 8 heteroatoms. The highest BCUT2D eigenvalue weighted by molar-refractivity contribution is 6.31. The lowest BCUT2D eigenvalue weighted by molar-refractivity contribution is -0.154. The van der Waals surface area contributed by atoms with Crippen molar-refractivity contribution >= 4 is 29.4 Å². The summed E-state index contributed by atoms with van der Waals surface area (Å²) in [5.74, 6) is -3.00. The van der Waals surface area contributed by atoms with Gasteiger partial charge in [-0.15, -0.1) is 0 Å². The molecule has 25 heavy (non-hydrogen) atoms. The number of benzene rings is 1. The van der Waals surface area contributed by atoms with E-state index >= 15 is 0 Å². The number of rotatable bonds is 3. The number of fused-ring (bicyclic) bond motifs is 1. The Morgan fingerprint density at radius 3 is 2.64 bits per heavy atom. The van der Waals surface area contributed by atoms with Crippen LogP contribution < -0.4 is 5.32 Å². The fourth-order valence-corrected chi connectivity index (χ4v) is 4.31. The fraction of sp³-hybridized carbons (Fsp3) is 0.471. The van der Waals surface area contributed by atoms with Crippen molar-refractivity contribution in [3.63, 3.8) is 0 Å². The Morgan fingerprint density at radius 1 is 1.40 bits per heavy atom. The highest BCUT2D eigenvalue weighted by atomic mass is 35.5. The van der Waals surface area contributed by atoms with Crippen molar-refractivity contribution < 1.29 is 24.2 Å².